The van der Waals surface area contributed by atoms with Gasteiger partial charge in [-0.15, -0.1) is 0 Å². The number of ether oxygens (including phenoxy) is 1. The fraction of sp³-hybridized carbons (Fsp3) is 1.00. The summed E-state index contributed by atoms with van der Waals surface area (Å²) in [6.45, 7) is 5.31. The highest BCUT2D eigenvalue weighted by atomic mass is 16.5. The van der Waals surface area contributed by atoms with Crippen LogP contribution in [0.4, 0.5) is 0 Å². The minimum atomic E-state index is 0.328. The SMILES string of the molecule is COC(C)CNCCCCN(C)C. The molecule has 0 aliphatic rings. The Balaban J connectivity index is 2.99. The van der Waals surface area contributed by atoms with Crippen LogP contribution in [0.2, 0.25) is 0 Å². The van der Waals surface area contributed by atoms with Crippen molar-refractivity contribution in [3.63, 3.8) is 0 Å². The Morgan fingerprint density at radius 3 is 2.54 bits per heavy atom. The molecule has 0 aliphatic heterocycles. The van der Waals surface area contributed by atoms with Gasteiger partial charge in [0.2, 0.25) is 0 Å². The van der Waals surface area contributed by atoms with Gasteiger partial charge in [-0.1, -0.05) is 0 Å². The van der Waals surface area contributed by atoms with Gasteiger partial charge < -0.3 is 15.0 Å². The van der Waals surface area contributed by atoms with Gasteiger partial charge in [0.1, 0.15) is 0 Å². The molecule has 0 radical (unpaired) electrons. The predicted molar refractivity (Wildman–Crippen MR) is 57.1 cm³/mol. The van der Waals surface area contributed by atoms with Crippen LogP contribution in [-0.2, 0) is 4.74 Å². The van der Waals surface area contributed by atoms with Crippen LogP contribution in [0.3, 0.4) is 0 Å². The fourth-order valence-corrected chi connectivity index (χ4v) is 1.07. The quantitative estimate of drug-likeness (QED) is 0.574. The maximum absolute atomic E-state index is 5.12. The lowest BCUT2D eigenvalue weighted by Gasteiger charge is -2.11. The first-order chi connectivity index (χ1) is 6.16. The molecule has 0 bridgehead atoms. The highest BCUT2D eigenvalue weighted by Crippen LogP contribution is 1.89. The zero-order chi connectivity index (χ0) is 10.1. The number of nitrogens with zero attached hydrogens (tertiary/aromatic N) is 1. The normalized spacial score (nSPS) is 13.6. The van der Waals surface area contributed by atoms with Gasteiger partial charge in [0.15, 0.2) is 0 Å². The summed E-state index contributed by atoms with van der Waals surface area (Å²) in [4.78, 5) is 2.22. The molecule has 0 aromatic rings. The Hall–Kier alpha value is -0.120. The van der Waals surface area contributed by atoms with E-state index in [9.17, 15) is 0 Å². The van der Waals surface area contributed by atoms with E-state index in [0.717, 1.165) is 13.1 Å². The van der Waals surface area contributed by atoms with Gasteiger partial charge in [-0.3, -0.25) is 0 Å². The van der Waals surface area contributed by atoms with Crippen LogP contribution in [0.15, 0.2) is 0 Å². The first-order valence-electron chi connectivity index (χ1n) is 5.05. The van der Waals surface area contributed by atoms with Crippen LogP contribution in [0.5, 0.6) is 0 Å². The van der Waals surface area contributed by atoms with E-state index in [-0.39, 0.29) is 0 Å². The monoisotopic (exact) mass is 188 g/mol. The molecule has 0 saturated heterocycles. The summed E-state index contributed by atoms with van der Waals surface area (Å²) in [5.74, 6) is 0. The van der Waals surface area contributed by atoms with Gasteiger partial charge in [-0.25, -0.2) is 0 Å². The fourth-order valence-electron chi connectivity index (χ4n) is 1.07. The molecule has 1 N–H and O–H groups in total. The number of nitrogens with one attached hydrogen (secondary N) is 1. The molecule has 1 atom stereocenters. The molecule has 1 unspecified atom stereocenters. The topological polar surface area (TPSA) is 24.5 Å². The van der Waals surface area contributed by atoms with Crippen LogP contribution in [0.25, 0.3) is 0 Å². The van der Waals surface area contributed by atoms with Gasteiger partial charge in [-0.05, 0) is 47.0 Å². The van der Waals surface area contributed by atoms with E-state index in [1.807, 2.05) is 0 Å². The maximum Gasteiger partial charge on any atom is 0.0667 e. The number of hydrogen-bond donors (Lipinski definition) is 1. The van der Waals surface area contributed by atoms with Crippen LogP contribution < -0.4 is 5.32 Å². The van der Waals surface area contributed by atoms with E-state index in [1.54, 1.807) is 7.11 Å². The second kappa shape index (κ2) is 8.48. The molecule has 0 fully saturated rings. The highest BCUT2D eigenvalue weighted by Gasteiger charge is 1.97. The number of unbranched alkanes of at least 4 members (excludes halogenated alkanes) is 1. The van der Waals surface area contributed by atoms with Gasteiger partial charge in [0.05, 0.1) is 6.10 Å². The maximum atomic E-state index is 5.12. The van der Waals surface area contributed by atoms with Crippen molar-refractivity contribution in [1.29, 1.82) is 0 Å². The zero-order valence-electron chi connectivity index (χ0n) is 9.47. The summed E-state index contributed by atoms with van der Waals surface area (Å²) in [5.41, 5.74) is 0. The minimum absolute atomic E-state index is 0.328. The summed E-state index contributed by atoms with van der Waals surface area (Å²) in [6.07, 6.45) is 2.84. The molecule has 80 valence electrons. The van der Waals surface area contributed by atoms with Crippen LogP contribution >= 0.6 is 0 Å². The third-order valence-electron chi connectivity index (χ3n) is 2.04. The van der Waals surface area contributed by atoms with E-state index >= 15 is 0 Å². The van der Waals surface area contributed by atoms with Crippen LogP contribution in [0, 0.1) is 0 Å². The Morgan fingerprint density at radius 2 is 2.00 bits per heavy atom. The molecule has 13 heavy (non-hydrogen) atoms. The molecular formula is C10H24N2O. The average molecular weight is 188 g/mol. The Labute approximate surface area is 82.4 Å². The lowest BCUT2D eigenvalue weighted by molar-refractivity contribution is 0.117. The minimum Gasteiger partial charge on any atom is -0.380 e. The smallest absolute Gasteiger partial charge is 0.0667 e. The standard InChI is InChI=1S/C10H24N2O/c1-10(13-4)9-11-7-5-6-8-12(2)3/h10-11H,5-9H2,1-4H3. The van der Waals surface area contributed by atoms with Crippen LogP contribution in [0.1, 0.15) is 19.8 Å². The lowest BCUT2D eigenvalue weighted by Crippen LogP contribution is -2.27. The van der Waals surface area contributed by atoms with Crippen molar-refractivity contribution in [2.24, 2.45) is 0 Å². The lowest BCUT2D eigenvalue weighted by atomic mass is 10.3. The van der Waals surface area contributed by atoms with Crippen molar-refractivity contribution in [2.75, 3.05) is 40.8 Å². The van der Waals surface area contributed by atoms with Crippen molar-refractivity contribution in [3.05, 3.63) is 0 Å². The molecule has 0 heterocycles. The second-order valence-corrected chi connectivity index (χ2v) is 3.76. The third-order valence-corrected chi connectivity index (χ3v) is 2.04. The van der Waals surface area contributed by atoms with Crippen molar-refractivity contribution in [1.82, 2.24) is 10.2 Å². The molecule has 0 aromatic heterocycles. The van der Waals surface area contributed by atoms with E-state index in [1.165, 1.54) is 19.4 Å². The first-order valence-corrected chi connectivity index (χ1v) is 5.05. The summed E-state index contributed by atoms with van der Waals surface area (Å²) >= 11 is 0. The van der Waals surface area contributed by atoms with Crippen molar-refractivity contribution < 1.29 is 4.74 Å². The summed E-state index contributed by atoms with van der Waals surface area (Å²) in [5, 5.41) is 3.37. The molecule has 0 aromatic carbocycles. The molecule has 3 heteroatoms. The van der Waals surface area contributed by atoms with Gasteiger partial charge in [-0.2, -0.15) is 0 Å². The molecule has 0 aliphatic carbocycles. The van der Waals surface area contributed by atoms with E-state index in [4.69, 9.17) is 4.74 Å². The average Bonchev–Trinajstić information content (AvgIpc) is 2.10. The van der Waals surface area contributed by atoms with E-state index < -0.39 is 0 Å². The number of rotatable bonds is 8. The van der Waals surface area contributed by atoms with E-state index in [0.29, 0.717) is 6.10 Å². The number of hydrogen-bond acceptors (Lipinski definition) is 3. The summed E-state index contributed by atoms with van der Waals surface area (Å²) in [7, 11) is 5.97. The Morgan fingerprint density at radius 1 is 1.31 bits per heavy atom. The first kappa shape index (κ1) is 12.9. The van der Waals surface area contributed by atoms with Gasteiger partial charge in [0.25, 0.3) is 0 Å². The van der Waals surface area contributed by atoms with Gasteiger partial charge >= 0.3 is 0 Å². The molecule has 0 saturated carbocycles. The van der Waals surface area contributed by atoms with E-state index in [2.05, 4.69) is 31.2 Å². The molecule has 3 nitrogen and oxygen atoms in total. The Kier molecular flexibility index (Phi) is 8.40. The van der Waals surface area contributed by atoms with Crippen molar-refractivity contribution in [2.45, 2.75) is 25.9 Å². The zero-order valence-corrected chi connectivity index (χ0v) is 9.47. The largest absolute Gasteiger partial charge is 0.380 e. The highest BCUT2D eigenvalue weighted by molar-refractivity contribution is 4.55. The molecule has 0 rings (SSSR count). The number of methoxy groups -OCH3 is 1. The Bertz CT molecular complexity index is 107. The molecule has 0 spiro atoms. The summed E-state index contributed by atoms with van der Waals surface area (Å²) in [6, 6.07) is 0. The second-order valence-electron chi connectivity index (χ2n) is 3.76. The molecular weight excluding hydrogens is 164 g/mol. The molecule has 0 amide bonds. The van der Waals surface area contributed by atoms with Gasteiger partial charge in [0, 0.05) is 13.7 Å². The van der Waals surface area contributed by atoms with Crippen molar-refractivity contribution >= 4 is 0 Å². The third kappa shape index (κ3) is 9.80. The van der Waals surface area contributed by atoms with Crippen LogP contribution in [-0.4, -0.2) is 51.8 Å². The summed E-state index contributed by atoms with van der Waals surface area (Å²) < 4.78 is 5.12. The van der Waals surface area contributed by atoms with Crippen molar-refractivity contribution in [3.8, 4) is 0 Å². The predicted octanol–water partition coefficient (Wildman–Crippen LogP) is 0.953.